The van der Waals surface area contributed by atoms with E-state index in [2.05, 4.69) is 49.5 Å². The number of allylic oxidation sites excluding steroid dienone is 8. The molecule has 0 nitrogen and oxygen atoms in total. The summed E-state index contributed by atoms with van der Waals surface area (Å²) in [6, 6.07) is 0. The molecule has 0 aromatic rings. The van der Waals surface area contributed by atoms with Crippen LogP contribution in [-0.4, -0.2) is 0 Å². The fourth-order valence-corrected chi connectivity index (χ4v) is 2.62. The van der Waals surface area contributed by atoms with Gasteiger partial charge >= 0.3 is 0 Å². The van der Waals surface area contributed by atoms with E-state index in [1.165, 1.54) is 12.0 Å². The highest BCUT2D eigenvalue weighted by molar-refractivity contribution is 5.53. The van der Waals surface area contributed by atoms with Crippen LogP contribution >= 0.6 is 0 Å². The fraction of sp³-hybridized carbons (Fsp3) is 0.333. The van der Waals surface area contributed by atoms with Gasteiger partial charge in [0.1, 0.15) is 0 Å². The highest BCUT2D eigenvalue weighted by atomic mass is 14.7. The van der Waals surface area contributed by atoms with Crippen LogP contribution < -0.4 is 0 Å². The molecule has 0 saturated heterocycles. The maximum absolute atomic E-state index is 2.36. The largest absolute Gasteiger partial charge is 0.0773 e. The van der Waals surface area contributed by atoms with Gasteiger partial charge in [-0.15, -0.1) is 0 Å². The first-order valence-electron chi connectivity index (χ1n) is 4.53. The number of rotatable bonds is 0. The van der Waals surface area contributed by atoms with Crippen molar-refractivity contribution >= 4 is 0 Å². The molecular weight excluding hydrogens is 144 g/mol. The van der Waals surface area contributed by atoms with E-state index in [0.29, 0.717) is 10.8 Å². The van der Waals surface area contributed by atoms with Crippen LogP contribution in [0, 0.1) is 10.8 Å². The normalized spacial score (nSPS) is 46.6. The van der Waals surface area contributed by atoms with Crippen molar-refractivity contribution in [1.82, 2.24) is 0 Å². The Balaban J connectivity index is 2.20. The smallest absolute Gasteiger partial charge is 0.0232 e. The Bertz CT molecular complexity index is 354. The summed E-state index contributed by atoms with van der Waals surface area (Å²) in [4.78, 5) is 0. The lowest BCUT2D eigenvalue weighted by molar-refractivity contribution is 0.582. The molecule has 60 valence electrons. The van der Waals surface area contributed by atoms with Crippen LogP contribution in [0.1, 0.15) is 13.3 Å². The maximum Gasteiger partial charge on any atom is 0.0232 e. The van der Waals surface area contributed by atoms with Crippen molar-refractivity contribution in [3.63, 3.8) is 0 Å². The number of hydrogen-bond donors (Lipinski definition) is 0. The summed E-state index contributed by atoms with van der Waals surface area (Å²) in [6.45, 7) is 2.35. The summed E-state index contributed by atoms with van der Waals surface area (Å²) in [5, 5.41) is 0. The molecule has 1 fully saturated rings. The van der Waals surface area contributed by atoms with E-state index < -0.39 is 0 Å². The second kappa shape index (κ2) is 1.66. The van der Waals surface area contributed by atoms with Crippen molar-refractivity contribution in [3.05, 3.63) is 48.1 Å². The van der Waals surface area contributed by atoms with E-state index in [-0.39, 0.29) is 0 Å². The summed E-state index contributed by atoms with van der Waals surface area (Å²) >= 11 is 0. The minimum Gasteiger partial charge on any atom is -0.0773 e. The standard InChI is InChI=1S/C12H12/c1-11-7-4-6-10-5-2-3-8-12(10,11)9-11/h2-8H,9H2,1H3. The van der Waals surface area contributed by atoms with Crippen molar-refractivity contribution in [3.8, 4) is 0 Å². The molecule has 0 aromatic carbocycles. The lowest BCUT2D eigenvalue weighted by atomic mass is 9.81. The molecule has 3 rings (SSSR count). The molecule has 0 N–H and O–H groups in total. The van der Waals surface area contributed by atoms with Crippen molar-refractivity contribution in [2.75, 3.05) is 0 Å². The summed E-state index contributed by atoms with van der Waals surface area (Å²) < 4.78 is 0. The quantitative estimate of drug-likeness (QED) is 0.505. The molecule has 0 bridgehead atoms. The zero-order valence-electron chi connectivity index (χ0n) is 7.25. The first-order valence-corrected chi connectivity index (χ1v) is 4.53. The van der Waals surface area contributed by atoms with E-state index in [1.54, 1.807) is 0 Å². The van der Waals surface area contributed by atoms with Crippen molar-refractivity contribution in [2.24, 2.45) is 10.8 Å². The first-order chi connectivity index (χ1) is 5.77. The second-order valence-corrected chi connectivity index (χ2v) is 4.26. The van der Waals surface area contributed by atoms with Crippen LogP contribution in [0.2, 0.25) is 0 Å². The molecule has 1 spiro atoms. The fourth-order valence-electron chi connectivity index (χ4n) is 2.62. The Morgan fingerprint density at radius 1 is 1.17 bits per heavy atom. The van der Waals surface area contributed by atoms with Crippen molar-refractivity contribution in [1.29, 1.82) is 0 Å². The second-order valence-electron chi connectivity index (χ2n) is 4.26. The average molecular weight is 156 g/mol. The first kappa shape index (κ1) is 6.47. The summed E-state index contributed by atoms with van der Waals surface area (Å²) in [5.74, 6) is 0. The highest BCUT2D eigenvalue weighted by Gasteiger charge is 2.63. The molecule has 0 aliphatic heterocycles. The van der Waals surface area contributed by atoms with Crippen molar-refractivity contribution in [2.45, 2.75) is 13.3 Å². The average Bonchev–Trinajstić information content (AvgIpc) is 2.67. The van der Waals surface area contributed by atoms with Gasteiger partial charge in [-0.2, -0.15) is 0 Å². The van der Waals surface area contributed by atoms with E-state index >= 15 is 0 Å². The summed E-state index contributed by atoms with van der Waals surface area (Å²) in [6.07, 6.45) is 17.0. The van der Waals surface area contributed by atoms with Crippen LogP contribution in [0.25, 0.3) is 0 Å². The Labute approximate surface area is 73.0 Å². The van der Waals surface area contributed by atoms with Gasteiger partial charge in [0.2, 0.25) is 0 Å². The molecule has 0 heteroatoms. The molecule has 0 heterocycles. The zero-order chi connectivity index (χ0) is 8.23. The highest BCUT2D eigenvalue weighted by Crippen LogP contribution is 2.71. The Kier molecular flexibility index (Phi) is 0.894. The van der Waals surface area contributed by atoms with Crippen molar-refractivity contribution < 1.29 is 0 Å². The van der Waals surface area contributed by atoms with Crippen LogP contribution in [0.5, 0.6) is 0 Å². The van der Waals surface area contributed by atoms with Gasteiger partial charge in [0.25, 0.3) is 0 Å². The van der Waals surface area contributed by atoms with Gasteiger partial charge in [-0.25, -0.2) is 0 Å². The molecule has 2 atom stereocenters. The minimum absolute atomic E-state index is 0.385. The lowest BCUT2D eigenvalue weighted by Gasteiger charge is -2.23. The van der Waals surface area contributed by atoms with Crippen LogP contribution in [0.4, 0.5) is 0 Å². The molecule has 12 heavy (non-hydrogen) atoms. The predicted octanol–water partition coefficient (Wildman–Crippen LogP) is 3.01. The molecule has 1 saturated carbocycles. The number of hydrogen-bond acceptors (Lipinski definition) is 0. The van der Waals surface area contributed by atoms with Gasteiger partial charge in [0.05, 0.1) is 0 Å². The molecule has 3 aliphatic rings. The van der Waals surface area contributed by atoms with E-state index in [4.69, 9.17) is 0 Å². The van der Waals surface area contributed by atoms with Gasteiger partial charge < -0.3 is 0 Å². The monoisotopic (exact) mass is 156 g/mol. The summed E-state index contributed by atoms with van der Waals surface area (Å²) in [7, 11) is 0. The predicted molar refractivity (Wildman–Crippen MR) is 50.7 cm³/mol. The van der Waals surface area contributed by atoms with Crippen LogP contribution in [-0.2, 0) is 0 Å². The maximum atomic E-state index is 2.36. The zero-order valence-corrected chi connectivity index (χ0v) is 7.25. The lowest BCUT2D eigenvalue weighted by Crippen LogP contribution is -2.13. The third kappa shape index (κ3) is 0.523. The van der Waals surface area contributed by atoms with E-state index in [0.717, 1.165) is 0 Å². The van der Waals surface area contributed by atoms with Gasteiger partial charge in [0, 0.05) is 10.8 Å². The Morgan fingerprint density at radius 2 is 2.08 bits per heavy atom. The van der Waals surface area contributed by atoms with Gasteiger partial charge in [-0.1, -0.05) is 49.5 Å². The third-order valence-electron chi connectivity index (χ3n) is 3.56. The molecule has 3 aliphatic carbocycles. The topological polar surface area (TPSA) is 0 Å². The van der Waals surface area contributed by atoms with Gasteiger partial charge in [-0.3, -0.25) is 0 Å². The van der Waals surface area contributed by atoms with Gasteiger partial charge in [0.15, 0.2) is 0 Å². The van der Waals surface area contributed by atoms with Gasteiger partial charge in [-0.05, 0) is 12.0 Å². The minimum atomic E-state index is 0.385. The van der Waals surface area contributed by atoms with E-state index in [9.17, 15) is 0 Å². The molecule has 0 amide bonds. The van der Waals surface area contributed by atoms with Crippen LogP contribution in [0.3, 0.4) is 0 Å². The van der Waals surface area contributed by atoms with Crippen LogP contribution in [0.15, 0.2) is 48.1 Å². The molecule has 2 unspecified atom stereocenters. The van der Waals surface area contributed by atoms with E-state index in [1.807, 2.05) is 0 Å². The third-order valence-corrected chi connectivity index (χ3v) is 3.56. The molecular formula is C12H12. The molecule has 0 aromatic heterocycles. The summed E-state index contributed by atoms with van der Waals surface area (Å²) in [5.41, 5.74) is 2.31. The molecule has 0 radical (unpaired) electrons. The Morgan fingerprint density at radius 3 is 2.92 bits per heavy atom. The SMILES string of the molecule is CC12C=CC=C3C=CC=CC31C2. The Hall–Kier alpha value is -1.04.